The average Bonchev–Trinajstić information content (AvgIpc) is 2.79. The van der Waals surface area contributed by atoms with Gasteiger partial charge in [-0.25, -0.2) is 4.79 Å². The zero-order chi connectivity index (χ0) is 13.9. The highest BCUT2D eigenvalue weighted by Gasteiger charge is 2.46. The van der Waals surface area contributed by atoms with Crippen LogP contribution in [0.2, 0.25) is 0 Å². The second-order valence-corrected chi connectivity index (χ2v) is 4.26. The van der Waals surface area contributed by atoms with E-state index >= 15 is 0 Å². The van der Waals surface area contributed by atoms with Crippen molar-refractivity contribution in [2.45, 2.75) is 32.4 Å². The molecule has 0 saturated carbocycles. The Morgan fingerprint density at radius 3 is 2.74 bits per heavy atom. The zero-order valence-electron chi connectivity index (χ0n) is 11.0. The lowest BCUT2D eigenvalue weighted by Gasteiger charge is -2.30. The number of aliphatic hydroxyl groups is 1. The number of ether oxygens (including phenoxy) is 1. The average molecular weight is 263 g/mol. The fourth-order valence-corrected chi connectivity index (χ4v) is 2.03. The minimum atomic E-state index is -1.49. The van der Waals surface area contributed by atoms with Crippen molar-refractivity contribution in [1.29, 1.82) is 0 Å². The van der Waals surface area contributed by atoms with Crippen LogP contribution in [0.4, 0.5) is 4.79 Å². The Kier molecular flexibility index (Phi) is 3.80. The number of hydrazone groups is 1. The van der Waals surface area contributed by atoms with Crippen molar-refractivity contribution in [3.05, 3.63) is 30.1 Å². The van der Waals surface area contributed by atoms with E-state index in [4.69, 9.17) is 4.74 Å². The number of nitrogens with zero attached hydrogens (tertiary/aromatic N) is 3. The molecule has 1 atom stereocenters. The van der Waals surface area contributed by atoms with E-state index in [-0.39, 0.29) is 13.0 Å². The van der Waals surface area contributed by atoms with E-state index in [1.807, 2.05) is 6.92 Å². The van der Waals surface area contributed by atoms with Crippen LogP contribution < -0.4 is 0 Å². The van der Waals surface area contributed by atoms with Gasteiger partial charge in [0.15, 0.2) is 5.72 Å². The maximum absolute atomic E-state index is 11.9. The van der Waals surface area contributed by atoms with Gasteiger partial charge >= 0.3 is 6.09 Å². The summed E-state index contributed by atoms with van der Waals surface area (Å²) in [5.41, 5.74) is -0.157. The number of rotatable bonds is 3. The van der Waals surface area contributed by atoms with Gasteiger partial charge in [0.1, 0.15) is 0 Å². The molecular weight excluding hydrogens is 246 g/mol. The van der Waals surface area contributed by atoms with Gasteiger partial charge in [-0.15, -0.1) is 0 Å². The molecule has 0 aliphatic carbocycles. The smallest absolute Gasteiger partial charge is 0.433 e. The van der Waals surface area contributed by atoms with E-state index in [1.165, 1.54) is 0 Å². The number of hydrogen-bond donors (Lipinski definition) is 1. The lowest BCUT2D eigenvalue weighted by atomic mass is 9.98. The van der Waals surface area contributed by atoms with Crippen molar-refractivity contribution in [2.75, 3.05) is 6.61 Å². The topological polar surface area (TPSA) is 75.0 Å². The SMILES string of the molecule is CCOC(=O)N1N=C(CC)CC1(O)c1ccncc1. The molecule has 0 fully saturated rings. The predicted molar refractivity (Wildman–Crippen MR) is 69.3 cm³/mol. The Bertz CT molecular complexity index is 489. The second-order valence-electron chi connectivity index (χ2n) is 4.26. The Balaban J connectivity index is 2.36. The van der Waals surface area contributed by atoms with Gasteiger partial charge < -0.3 is 9.84 Å². The standard InChI is InChI=1S/C13H17N3O3/c1-3-11-9-13(18,10-5-7-14-8-6-10)16(15-11)12(17)19-4-2/h5-8,18H,3-4,9H2,1-2H3. The first-order valence-corrected chi connectivity index (χ1v) is 6.28. The summed E-state index contributed by atoms with van der Waals surface area (Å²) < 4.78 is 4.94. The first-order valence-electron chi connectivity index (χ1n) is 6.28. The lowest BCUT2D eigenvalue weighted by Crippen LogP contribution is -2.43. The first-order chi connectivity index (χ1) is 9.11. The van der Waals surface area contributed by atoms with Crippen molar-refractivity contribution in [1.82, 2.24) is 9.99 Å². The van der Waals surface area contributed by atoms with Crippen LogP contribution in [0.5, 0.6) is 0 Å². The molecule has 1 aliphatic heterocycles. The van der Waals surface area contributed by atoms with Gasteiger partial charge in [0.25, 0.3) is 0 Å². The molecule has 0 aromatic carbocycles. The van der Waals surface area contributed by atoms with E-state index < -0.39 is 11.8 Å². The van der Waals surface area contributed by atoms with Crippen LogP contribution in [-0.4, -0.2) is 33.5 Å². The Morgan fingerprint density at radius 2 is 2.16 bits per heavy atom. The largest absolute Gasteiger partial charge is 0.448 e. The maximum Gasteiger partial charge on any atom is 0.433 e. The van der Waals surface area contributed by atoms with Crippen LogP contribution in [0.1, 0.15) is 32.3 Å². The van der Waals surface area contributed by atoms with E-state index in [2.05, 4.69) is 10.1 Å². The molecule has 1 N–H and O–H groups in total. The highest BCUT2D eigenvalue weighted by atomic mass is 16.6. The summed E-state index contributed by atoms with van der Waals surface area (Å²) in [6.07, 6.45) is 3.45. The van der Waals surface area contributed by atoms with Gasteiger partial charge in [-0.1, -0.05) is 6.92 Å². The number of hydrogen-bond acceptors (Lipinski definition) is 5. The summed E-state index contributed by atoms with van der Waals surface area (Å²) in [6, 6.07) is 3.33. The second kappa shape index (κ2) is 5.36. The van der Waals surface area contributed by atoms with E-state index in [0.29, 0.717) is 12.0 Å². The minimum absolute atomic E-state index is 0.235. The van der Waals surface area contributed by atoms with Crippen LogP contribution in [0.25, 0.3) is 0 Å². The first kappa shape index (κ1) is 13.5. The maximum atomic E-state index is 11.9. The normalized spacial score (nSPS) is 22.3. The summed E-state index contributed by atoms with van der Waals surface area (Å²) in [6.45, 7) is 3.88. The molecule has 0 bridgehead atoms. The molecule has 19 heavy (non-hydrogen) atoms. The third-order valence-electron chi connectivity index (χ3n) is 3.03. The summed E-state index contributed by atoms with van der Waals surface area (Å²) in [7, 11) is 0. The van der Waals surface area contributed by atoms with Gasteiger partial charge in [-0.3, -0.25) is 4.98 Å². The molecule has 1 unspecified atom stereocenters. The minimum Gasteiger partial charge on any atom is -0.448 e. The quantitative estimate of drug-likeness (QED) is 0.903. The zero-order valence-corrected chi connectivity index (χ0v) is 11.0. The highest BCUT2D eigenvalue weighted by Crippen LogP contribution is 2.36. The molecule has 2 rings (SSSR count). The molecule has 6 heteroatoms. The lowest BCUT2D eigenvalue weighted by molar-refractivity contribution is -0.0856. The molecular formula is C13H17N3O3. The molecule has 0 saturated heterocycles. The van der Waals surface area contributed by atoms with Gasteiger partial charge in [-0.2, -0.15) is 10.1 Å². The Morgan fingerprint density at radius 1 is 1.47 bits per heavy atom. The summed E-state index contributed by atoms with van der Waals surface area (Å²) in [5, 5.41) is 16.0. The third-order valence-corrected chi connectivity index (χ3v) is 3.03. The number of aromatic nitrogens is 1. The van der Waals surface area contributed by atoms with Crippen LogP contribution in [0.3, 0.4) is 0 Å². The third kappa shape index (κ3) is 2.44. The van der Waals surface area contributed by atoms with Crippen LogP contribution in [0, 0.1) is 0 Å². The van der Waals surface area contributed by atoms with Gasteiger partial charge in [0, 0.05) is 30.1 Å². The van der Waals surface area contributed by atoms with Crippen LogP contribution in [-0.2, 0) is 10.5 Å². The number of carbonyl (C=O) groups excluding carboxylic acids is 1. The highest BCUT2D eigenvalue weighted by molar-refractivity contribution is 5.89. The summed E-state index contributed by atoms with van der Waals surface area (Å²) in [5.74, 6) is 0. The predicted octanol–water partition coefficient (Wildman–Crippen LogP) is 1.85. The molecule has 6 nitrogen and oxygen atoms in total. The molecule has 0 spiro atoms. The van der Waals surface area contributed by atoms with Gasteiger partial charge in [0.2, 0.25) is 0 Å². The Hall–Kier alpha value is -1.95. The molecule has 102 valence electrons. The molecule has 0 radical (unpaired) electrons. The fraction of sp³-hybridized carbons (Fsp3) is 0.462. The van der Waals surface area contributed by atoms with E-state index in [9.17, 15) is 9.90 Å². The molecule has 1 aromatic rings. The molecule has 1 aliphatic rings. The fourth-order valence-electron chi connectivity index (χ4n) is 2.03. The molecule has 2 heterocycles. The van der Waals surface area contributed by atoms with Crippen molar-refractivity contribution in [3.63, 3.8) is 0 Å². The van der Waals surface area contributed by atoms with Crippen LogP contribution >= 0.6 is 0 Å². The van der Waals surface area contributed by atoms with E-state index in [1.54, 1.807) is 31.5 Å². The van der Waals surface area contributed by atoms with Crippen molar-refractivity contribution in [2.24, 2.45) is 5.10 Å². The molecule has 1 amide bonds. The number of pyridine rings is 1. The summed E-state index contributed by atoms with van der Waals surface area (Å²) >= 11 is 0. The summed E-state index contributed by atoms with van der Waals surface area (Å²) in [4.78, 5) is 15.8. The monoisotopic (exact) mass is 263 g/mol. The van der Waals surface area contributed by atoms with Gasteiger partial charge in [-0.05, 0) is 25.5 Å². The number of amides is 1. The molecule has 1 aromatic heterocycles. The van der Waals surface area contributed by atoms with Gasteiger partial charge in [0.05, 0.1) is 6.61 Å². The van der Waals surface area contributed by atoms with E-state index in [0.717, 1.165) is 10.7 Å². The van der Waals surface area contributed by atoms with Crippen molar-refractivity contribution < 1.29 is 14.6 Å². The van der Waals surface area contributed by atoms with Crippen molar-refractivity contribution in [3.8, 4) is 0 Å². The number of carbonyl (C=O) groups is 1. The Labute approximate surface area is 111 Å². The van der Waals surface area contributed by atoms with Crippen LogP contribution in [0.15, 0.2) is 29.6 Å². The van der Waals surface area contributed by atoms with Crippen molar-refractivity contribution >= 4 is 11.8 Å².